The van der Waals surface area contributed by atoms with Crippen molar-refractivity contribution in [1.82, 2.24) is 9.78 Å². The first-order valence-electron chi connectivity index (χ1n) is 9.49. The van der Waals surface area contributed by atoms with Gasteiger partial charge < -0.3 is 4.74 Å². The average molecular weight is 410 g/mol. The van der Waals surface area contributed by atoms with Gasteiger partial charge in [-0.05, 0) is 42.0 Å². The zero-order valence-electron chi connectivity index (χ0n) is 16.1. The SMILES string of the molecule is CS(=O)(=O)c1ccc(-c2cnn(Cc3ccccc3)c(=O)c2OCC2CC2)cc1. The third kappa shape index (κ3) is 4.56. The summed E-state index contributed by atoms with van der Waals surface area (Å²) in [5.74, 6) is 0.750. The largest absolute Gasteiger partial charge is 0.487 e. The topological polar surface area (TPSA) is 78.3 Å². The van der Waals surface area contributed by atoms with Crippen LogP contribution in [0.1, 0.15) is 18.4 Å². The number of ether oxygens (including phenoxy) is 1. The Labute approximate surface area is 169 Å². The van der Waals surface area contributed by atoms with Crippen LogP contribution < -0.4 is 10.3 Å². The summed E-state index contributed by atoms with van der Waals surface area (Å²) in [5, 5.41) is 4.33. The van der Waals surface area contributed by atoms with Crippen LogP contribution in [0.25, 0.3) is 11.1 Å². The zero-order valence-corrected chi connectivity index (χ0v) is 16.9. The van der Waals surface area contributed by atoms with Crippen molar-refractivity contribution >= 4 is 9.84 Å². The number of hydrogen-bond donors (Lipinski definition) is 0. The van der Waals surface area contributed by atoms with Gasteiger partial charge in [0.15, 0.2) is 15.6 Å². The van der Waals surface area contributed by atoms with Crippen LogP contribution in [0.15, 0.2) is 70.5 Å². The van der Waals surface area contributed by atoms with Gasteiger partial charge in [0.05, 0.1) is 24.2 Å². The molecule has 0 saturated heterocycles. The van der Waals surface area contributed by atoms with Gasteiger partial charge in [-0.2, -0.15) is 5.10 Å². The van der Waals surface area contributed by atoms with Crippen LogP contribution in [0.3, 0.4) is 0 Å². The fourth-order valence-corrected chi connectivity index (χ4v) is 3.68. The molecule has 1 aliphatic rings. The Morgan fingerprint density at radius 3 is 2.38 bits per heavy atom. The smallest absolute Gasteiger partial charge is 0.310 e. The van der Waals surface area contributed by atoms with Crippen molar-refractivity contribution in [2.75, 3.05) is 12.9 Å². The van der Waals surface area contributed by atoms with Crippen LogP contribution in [0.4, 0.5) is 0 Å². The van der Waals surface area contributed by atoms with Crippen molar-refractivity contribution in [3.05, 3.63) is 76.7 Å². The highest BCUT2D eigenvalue weighted by Crippen LogP contribution is 2.32. The molecule has 1 aromatic heterocycles. The number of hydrogen-bond acceptors (Lipinski definition) is 5. The van der Waals surface area contributed by atoms with E-state index in [0.29, 0.717) is 30.2 Å². The van der Waals surface area contributed by atoms with Gasteiger partial charge in [0.2, 0.25) is 0 Å². The second kappa shape index (κ2) is 7.83. The number of sulfone groups is 1. The van der Waals surface area contributed by atoms with Gasteiger partial charge in [0.25, 0.3) is 0 Å². The first-order valence-corrected chi connectivity index (χ1v) is 11.4. The normalized spacial score (nSPS) is 14.0. The third-order valence-electron chi connectivity index (χ3n) is 4.93. The van der Waals surface area contributed by atoms with E-state index >= 15 is 0 Å². The van der Waals surface area contributed by atoms with E-state index in [1.807, 2.05) is 30.3 Å². The van der Waals surface area contributed by atoms with E-state index in [1.54, 1.807) is 18.3 Å². The molecule has 7 heteroatoms. The quantitative estimate of drug-likeness (QED) is 0.598. The van der Waals surface area contributed by atoms with E-state index < -0.39 is 9.84 Å². The highest BCUT2D eigenvalue weighted by Gasteiger charge is 2.24. The minimum Gasteiger partial charge on any atom is -0.487 e. The van der Waals surface area contributed by atoms with E-state index in [4.69, 9.17) is 4.74 Å². The molecular weight excluding hydrogens is 388 g/mol. The lowest BCUT2D eigenvalue weighted by atomic mass is 10.1. The summed E-state index contributed by atoms with van der Waals surface area (Å²) in [6.45, 7) is 0.853. The van der Waals surface area contributed by atoms with Gasteiger partial charge in [-0.1, -0.05) is 42.5 Å². The molecule has 29 heavy (non-hydrogen) atoms. The monoisotopic (exact) mass is 410 g/mol. The molecule has 0 unspecified atom stereocenters. The minimum absolute atomic E-state index is 0.229. The molecule has 3 aromatic rings. The predicted octanol–water partition coefficient (Wildman–Crippen LogP) is 3.15. The van der Waals surface area contributed by atoms with E-state index in [-0.39, 0.29) is 16.2 Å². The Kier molecular flexibility index (Phi) is 5.24. The van der Waals surface area contributed by atoms with Crippen LogP contribution in [0.2, 0.25) is 0 Å². The molecule has 0 atom stereocenters. The van der Waals surface area contributed by atoms with Gasteiger partial charge in [-0.25, -0.2) is 13.1 Å². The lowest BCUT2D eigenvalue weighted by Crippen LogP contribution is -2.26. The summed E-state index contributed by atoms with van der Waals surface area (Å²) < 4.78 is 30.8. The fraction of sp³-hybridized carbons (Fsp3) is 0.273. The molecule has 4 rings (SSSR count). The molecule has 1 saturated carbocycles. The van der Waals surface area contributed by atoms with E-state index in [2.05, 4.69) is 5.10 Å². The van der Waals surface area contributed by atoms with Crippen molar-refractivity contribution in [3.63, 3.8) is 0 Å². The van der Waals surface area contributed by atoms with Crippen LogP contribution >= 0.6 is 0 Å². The number of benzene rings is 2. The lowest BCUT2D eigenvalue weighted by Gasteiger charge is -2.13. The van der Waals surface area contributed by atoms with Crippen molar-refractivity contribution in [2.24, 2.45) is 5.92 Å². The van der Waals surface area contributed by atoms with Crippen molar-refractivity contribution in [2.45, 2.75) is 24.3 Å². The minimum atomic E-state index is -3.29. The molecule has 0 spiro atoms. The molecule has 2 aromatic carbocycles. The highest BCUT2D eigenvalue weighted by molar-refractivity contribution is 7.90. The number of nitrogens with zero attached hydrogens (tertiary/aromatic N) is 2. The van der Waals surface area contributed by atoms with Crippen LogP contribution in [-0.4, -0.2) is 31.1 Å². The van der Waals surface area contributed by atoms with Gasteiger partial charge in [0.1, 0.15) is 0 Å². The summed E-state index contributed by atoms with van der Waals surface area (Å²) in [6, 6.07) is 16.1. The highest BCUT2D eigenvalue weighted by atomic mass is 32.2. The fourth-order valence-electron chi connectivity index (χ4n) is 3.05. The first-order chi connectivity index (χ1) is 13.9. The Hall–Kier alpha value is -2.93. The Morgan fingerprint density at radius 2 is 1.76 bits per heavy atom. The molecule has 1 fully saturated rings. The second-order valence-corrected chi connectivity index (χ2v) is 9.40. The molecule has 1 aliphatic carbocycles. The van der Waals surface area contributed by atoms with Crippen molar-refractivity contribution in [3.8, 4) is 16.9 Å². The summed E-state index contributed by atoms with van der Waals surface area (Å²) in [6.07, 6.45) is 5.00. The Balaban J connectivity index is 1.72. The van der Waals surface area contributed by atoms with Gasteiger partial charge in [0, 0.05) is 11.8 Å². The number of rotatable bonds is 7. The standard InChI is InChI=1S/C22H22N2O4S/c1-29(26,27)19-11-9-18(10-12-19)20-13-23-24(14-16-5-3-2-4-6-16)22(25)21(20)28-15-17-7-8-17/h2-6,9-13,17H,7-8,14-15H2,1H3. The van der Waals surface area contributed by atoms with E-state index in [1.165, 1.54) is 23.1 Å². The van der Waals surface area contributed by atoms with Crippen LogP contribution in [0.5, 0.6) is 5.75 Å². The second-order valence-electron chi connectivity index (χ2n) is 7.39. The summed E-state index contributed by atoms with van der Waals surface area (Å²) >= 11 is 0. The van der Waals surface area contributed by atoms with Crippen LogP contribution in [0, 0.1) is 5.92 Å². The van der Waals surface area contributed by atoms with Crippen molar-refractivity contribution < 1.29 is 13.2 Å². The van der Waals surface area contributed by atoms with Gasteiger partial charge >= 0.3 is 5.56 Å². The maximum absolute atomic E-state index is 13.1. The molecule has 0 aliphatic heterocycles. The van der Waals surface area contributed by atoms with Crippen molar-refractivity contribution in [1.29, 1.82) is 0 Å². The molecule has 0 radical (unpaired) electrons. The summed E-state index contributed by atoms with van der Waals surface area (Å²) in [7, 11) is -3.29. The third-order valence-corrected chi connectivity index (χ3v) is 6.06. The maximum atomic E-state index is 13.1. The maximum Gasteiger partial charge on any atom is 0.310 e. The lowest BCUT2D eigenvalue weighted by molar-refractivity contribution is 0.293. The van der Waals surface area contributed by atoms with E-state index in [0.717, 1.165) is 18.4 Å². The number of aromatic nitrogens is 2. The molecule has 1 heterocycles. The first kappa shape index (κ1) is 19.4. The zero-order chi connectivity index (χ0) is 20.4. The summed E-state index contributed by atoms with van der Waals surface area (Å²) in [5.41, 5.74) is 1.94. The Bertz CT molecular complexity index is 1170. The molecule has 0 N–H and O–H groups in total. The Morgan fingerprint density at radius 1 is 1.07 bits per heavy atom. The molecule has 150 valence electrons. The molecule has 0 bridgehead atoms. The predicted molar refractivity (Wildman–Crippen MR) is 111 cm³/mol. The molecule has 6 nitrogen and oxygen atoms in total. The molecule has 0 amide bonds. The van der Waals surface area contributed by atoms with Gasteiger partial charge in [-0.15, -0.1) is 0 Å². The van der Waals surface area contributed by atoms with E-state index in [9.17, 15) is 13.2 Å². The molecular formula is C22H22N2O4S. The van der Waals surface area contributed by atoms with Gasteiger partial charge in [-0.3, -0.25) is 4.79 Å². The average Bonchev–Trinajstić information content (AvgIpc) is 3.53. The summed E-state index contributed by atoms with van der Waals surface area (Å²) in [4.78, 5) is 13.3. The van der Waals surface area contributed by atoms with Crippen LogP contribution in [-0.2, 0) is 16.4 Å².